The summed E-state index contributed by atoms with van der Waals surface area (Å²) in [5.41, 5.74) is 0. The van der Waals surface area contributed by atoms with Gasteiger partial charge >= 0.3 is 8.56 Å². The van der Waals surface area contributed by atoms with Gasteiger partial charge in [0.2, 0.25) is 0 Å². The van der Waals surface area contributed by atoms with E-state index in [9.17, 15) is 0 Å². The largest absolute Gasteiger partial charge is 0.394 e. The molecule has 1 unspecified atom stereocenters. The zero-order valence-corrected chi connectivity index (χ0v) is 14.7. The summed E-state index contributed by atoms with van der Waals surface area (Å²) in [6, 6.07) is 2.10. The van der Waals surface area contributed by atoms with Crippen molar-refractivity contribution in [2.75, 3.05) is 26.9 Å². The fourth-order valence-corrected chi connectivity index (χ4v) is 4.51. The second-order valence-corrected chi connectivity index (χ2v) is 9.18. The first-order chi connectivity index (χ1) is 9.14. The van der Waals surface area contributed by atoms with Crippen LogP contribution in [-0.4, -0.2) is 35.5 Å². The number of ether oxygens (including phenoxy) is 1. The van der Waals surface area contributed by atoms with E-state index in [1.165, 1.54) is 12.8 Å². The van der Waals surface area contributed by atoms with Gasteiger partial charge in [-0.15, -0.1) is 0 Å². The fraction of sp³-hybridized carbons (Fsp3) is 1.00. The van der Waals surface area contributed by atoms with Crippen LogP contribution in [0.4, 0.5) is 0 Å². The maximum absolute atomic E-state index is 6.23. The minimum atomic E-state index is -1.94. The van der Waals surface area contributed by atoms with Gasteiger partial charge in [-0.2, -0.15) is 0 Å². The van der Waals surface area contributed by atoms with Gasteiger partial charge in [-0.1, -0.05) is 40.5 Å². The van der Waals surface area contributed by atoms with Gasteiger partial charge in [-0.3, -0.25) is 0 Å². The third kappa shape index (κ3) is 8.79. The number of hydrogen-bond donors (Lipinski definition) is 0. The van der Waals surface area contributed by atoms with Crippen molar-refractivity contribution in [3.05, 3.63) is 0 Å². The molecule has 0 aliphatic heterocycles. The first kappa shape index (κ1) is 19.1. The first-order valence-electron chi connectivity index (χ1n) is 7.90. The van der Waals surface area contributed by atoms with Gasteiger partial charge in [0.15, 0.2) is 0 Å². The molecule has 0 aliphatic carbocycles. The Labute approximate surface area is 121 Å². The molecule has 0 aromatic rings. The van der Waals surface area contributed by atoms with Crippen LogP contribution in [0.2, 0.25) is 12.1 Å². The second-order valence-electron chi connectivity index (χ2n) is 5.37. The highest BCUT2D eigenvalue weighted by molar-refractivity contribution is 6.67. The van der Waals surface area contributed by atoms with Crippen molar-refractivity contribution >= 4 is 8.56 Å². The molecule has 0 aromatic carbocycles. The molecule has 19 heavy (non-hydrogen) atoms. The summed E-state index contributed by atoms with van der Waals surface area (Å²) >= 11 is 0. The molecule has 3 nitrogen and oxygen atoms in total. The summed E-state index contributed by atoms with van der Waals surface area (Å²) in [6.45, 7) is 11.3. The highest BCUT2D eigenvalue weighted by Crippen LogP contribution is 2.21. The van der Waals surface area contributed by atoms with E-state index < -0.39 is 8.56 Å². The summed E-state index contributed by atoms with van der Waals surface area (Å²) in [7, 11) is -0.185. The van der Waals surface area contributed by atoms with Crippen molar-refractivity contribution in [3.8, 4) is 0 Å². The molecule has 0 rings (SSSR count). The van der Waals surface area contributed by atoms with E-state index in [-0.39, 0.29) is 0 Å². The lowest BCUT2D eigenvalue weighted by Crippen LogP contribution is -2.42. The summed E-state index contributed by atoms with van der Waals surface area (Å²) in [6.07, 6.45) is 4.71. The summed E-state index contributed by atoms with van der Waals surface area (Å²) in [5, 5.41) is 0. The highest BCUT2D eigenvalue weighted by Gasteiger charge is 2.33. The standard InChI is InChI=1S/C15H34O3Si/c1-6-9-10-12-17-19(7-2,8-3)18-14-15(4)11-13-16-5/h15H,6-14H2,1-5H3. The third-order valence-electron chi connectivity index (χ3n) is 3.64. The maximum Gasteiger partial charge on any atom is 0.337 e. The van der Waals surface area contributed by atoms with Gasteiger partial charge in [0, 0.05) is 26.9 Å². The van der Waals surface area contributed by atoms with Crippen LogP contribution in [0.15, 0.2) is 0 Å². The average molecular weight is 291 g/mol. The van der Waals surface area contributed by atoms with E-state index in [1.807, 2.05) is 0 Å². The van der Waals surface area contributed by atoms with Gasteiger partial charge in [0.25, 0.3) is 0 Å². The topological polar surface area (TPSA) is 27.7 Å². The van der Waals surface area contributed by atoms with Crippen molar-refractivity contribution < 1.29 is 13.6 Å². The lowest BCUT2D eigenvalue weighted by Gasteiger charge is -2.30. The van der Waals surface area contributed by atoms with Crippen LogP contribution in [0.25, 0.3) is 0 Å². The molecule has 0 radical (unpaired) electrons. The Bertz CT molecular complexity index is 196. The lowest BCUT2D eigenvalue weighted by molar-refractivity contribution is 0.125. The van der Waals surface area contributed by atoms with Crippen LogP contribution < -0.4 is 0 Å². The molecule has 0 aliphatic rings. The Kier molecular flexibility index (Phi) is 11.9. The second kappa shape index (κ2) is 11.9. The van der Waals surface area contributed by atoms with E-state index in [1.54, 1.807) is 7.11 Å². The van der Waals surface area contributed by atoms with Crippen molar-refractivity contribution in [3.63, 3.8) is 0 Å². The molecule has 0 saturated heterocycles. The monoisotopic (exact) mass is 290 g/mol. The quantitative estimate of drug-likeness (QED) is 0.372. The molecule has 0 amide bonds. The zero-order chi connectivity index (χ0) is 14.6. The van der Waals surface area contributed by atoms with Gasteiger partial charge < -0.3 is 13.6 Å². The zero-order valence-electron chi connectivity index (χ0n) is 13.7. The lowest BCUT2D eigenvalue weighted by atomic mass is 10.1. The van der Waals surface area contributed by atoms with Crippen molar-refractivity contribution in [1.29, 1.82) is 0 Å². The normalized spacial score (nSPS) is 13.7. The van der Waals surface area contributed by atoms with Gasteiger partial charge in [-0.05, 0) is 30.8 Å². The molecular weight excluding hydrogens is 256 g/mol. The number of rotatable bonds is 13. The van der Waals surface area contributed by atoms with Gasteiger partial charge in [0.1, 0.15) is 0 Å². The van der Waals surface area contributed by atoms with E-state index in [2.05, 4.69) is 27.7 Å². The molecule has 116 valence electrons. The summed E-state index contributed by atoms with van der Waals surface area (Å²) < 4.78 is 17.5. The molecule has 0 heterocycles. The number of unbranched alkanes of at least 4 members (excludes halogenated alkanes) is 2. The highest BCUT2D eigenvalue weighted by atomic mass is 28.4. The molecule has 0 fully saturated rings. The minimum Gasteiger partial charge on any atom is -0.394 e. The summed E-state index contributed by atoms with van der Waals surface area (Å²) in [4.78, 5) is 0. The molecular formula is C15H34O3Si. The minimum absolute atomic E-state index is 0.546. The predicted molar refractivity (Wildman–Crippen MR) is 83.8 cm³/mol. The Morgan fingerprint density at radius 2 is 1.63 bits per heavy atom. The molecule has 1 atom stereocenters. The van der Waals surface area contributed by atoms with Crippen molar-refractivity contribution in [1.82, 2.24) is 0 Å². The van der Waals surface area contributed by atoms with Crippen LogP contribution in [0.1, 0.15) is 53.4 Å². The van der Waals surface area contributed by atoms with E-state index in [4.69, 9.17) is 13.6 Å². The first-order valence-corrected chi connectivity index (χ1v) is 10.1. The van der Waals surface area contributed by atoms with Crippen LogP contribution in [0.3, 0.4) is 0 Å². The SMILES string of the molecule is CCCCCO[Si](CC)(CC)OCC(C)CCOC. The van der Waals surface area contributed by atoms with Crippen LogP contribution in [0, 0.1) is 5.92 Å². The molecule has 0 aromatic heterocycles. The maximum atomic E-state index is 6.23. The van der Waals surface area contributed by atoms with Crippen LogP contribution in [0.5, 0.6) is 0 Å². The Balaban J connectivity index is 4.06. The Morgan fingerprint density at radius 3 is 2.16 bits per heavy atom. The van der Waals surface area contributed by atoms with Gasteiger partial charge in [0.05, 0.1) is 0 Å². The average Bonchev–Trinajstić information content (AvgIpc) is 2.45. The van der Waals surface area contributed by atoms with Crippen molar-refractivity contribution in [2.45, 2.75) is 65.5 Å². The van der Waals surface area contributed by atoms with E-state index >= 15 is 0 Å². The number of hydrogen-bond acceptors (Lipinski definition) is 3. The third-order valence-corrected chi connectivity index (χ3v) is 7.21. The van der Waals surface area contributed by atoms with E-state index in [0.717, 1.165) is 44.8 Å². The fourth-order valence-electron chi connectivity index (χ4n) is 2.01. The van der Waals surface area contributed by atoms with Crippen LogP contribution in [-0.2, 0) is 13.6 Å². The molecule has 0 bridgehead atoms. The Hall–Kier alpha value is 0.0969. The van der Waals surface area contributed by atoms with Crippen molar-refractivity contribution in [2.24, 2.45) is 5.92 Å². The molecule has 4 heteroatoms. The summed E-state index contributed by atoms with van der Waals surface area (Å²) in [5.74, 6) is 0.546. The predicted octanol–water partition coefficient (Wildman–Crippen LogP) is 4.36. The van der Waals surface area contributed by atoms with Gasteiger partial charge in [-0.25, -0.2) is 0 Å². The van der Waals surface area contributed by atoms with Crippen LogP contribution >= 0.6 is 0 Å². The molecule has 0 saturated carbocycles. The smallest absolute Gasteiger partial charge is 0.337 e. The van der Waals surface area contributed by atoms with E-state index in [0.29, 0.717) is 5.92 Å². The Morgan fingerprint density at radius 1 is 0.947 bits per heavy atom. The molecule has 0 N–H and O–H groups in total. The number of methoxy groups -OCH3 is 1. The molecule has 0 spiro atoms.